The first kappa shape index (κ1) is 18.0. The summed E-state index contributed by atoms with van der Waals surface area (Å²) >= 11 is 6.33. The Morgan fingerprint density at radius 2 is 2.18 bits per heavy atom. The Balaban J connectivity index is 1.47. The number of nitrogens with one attached hydrogen (secondary N) is 1. The number of fused-ring (bicyclic) bond motifs is 6. The molecule has 1 aromatic carbocycles. The summed E-state index contributed by atoms with van der Waals surface area (Å²) in [6.07, 6.45) is 3.84. The lowest BCUT2D eigenvalue weighted by Crippen LogP contribution is -2.50. The molecule has 0 saturated carbocycles. The van der Waals surface area contributed by atoms with Gasteiger partial charge in [-0.3, -0.25) is 14.5 Å². The van der Waals surface area contributed by atoms with Gasteiger partial charge in [-0.05, 0) is 43.7 Å². The van der Waals surface area contributed by atoms with Gasteiger partial charge in [-0.15, -0.1) is 0 Å². The smallest absolute Gasteiger partial charge is 0.239 e. The Kier molecular flexibility index (Phi) is 4.36. The van der Waals surface area contributed by atoms with Crippen molar-refractivity contribution < 1.29 is 9.59 Å². The van der Waals surface area contributed by atoms with Gasteiger partial charge in [0.25, 0.3) is 0 Å². The lowest BCUT2D eigenvalue weighted by Gasteiger charge is -2.32. The Labute approximate surface area is 169 Å². The van der Waals surface area contributed by atoms with Crippen LogP contribution in [0.15, 0.2) is 18.2 Å². The van der Waals surface area contributed by atoms with Crippen molar-refractivity contribution in [2.24, 2.45) is 0 Å². The zero-order chi connectivity index (χ0) is 19.4. The molecule has 1 aromatic heterocycles. The Morgan fingerprint density at radius 3 is 3.00 bits per heavy atom. The van der Waals surface area contributed by atoms with Crippen molar-refractivity contribution >= 4 is 34.3 Å². The van der Waals surface area contributed by atoms with Crippen LogP contribution in [0.3, 0.4) is 0 Å². The number of carbonyl (C=O) groups is 2. The maximum atomic E-state index is 12.7. The molecule has 2 aromatic rings. The maximum Gasteiger partial charge on any atom is 0.239 e. The van der Waals surface area contributed by atoms with E-state index in [1.54, 1.807) is 4.90 Å². The summed E-state index contributed by atoms with van der Waals surface area (Å²) in [7, 11) is 2.23. The van der Waals surface area contributed by atoms with Crippen molar-refractivity contribution in [1.82, 2.24) is 19.7 Å². The summed E-state index contributed by atoms with van der Waals surface area (Å²) in [6.45, 7) is 1.96. The zero-order valence-electron chi connectivity index (χ0n) is 16.1. The van der Waals surface area contributed by atoms with E-state index in [4.69, 9.17) is 11.6 Å². The molecule has 2 saturated heterocycles. The van der Waals surface area contributed by atoms with E-state index in [9.17, 15) is 9.59 Å². The van der Waals surface area contributed by atoms with E-state index in [2.05, 4.69) is 34.0 Å². The standard InChI is InChI=1S/C21H25ClN4O2/c1-24-14-3-5-17(24)21-15-10-13(22)2-4-16(15)26(18(21)11-14)8-6-20(28)25-9-7-23-19(27)12-25/h2,4,10,14,17H,3,5-9,11-12H2,1H3,(H,23,27). The molecule has 5 rings (SSSR count). The molecule has 2 unspecified atom stereocenters. The Morgan fingerprint density at radius 1 is 1.32 bits per heavy atom. The lowest BCUT2D eigenvalue weighted by atomic mass is 9.97. The third-order valence-corrected chi connectivity index (χ3v) is 6.95. The van der Waals surface area contributed by atoms with Gasteiger partial charge in [0.15, 0.2) is 0 Å². The van der Waals surface area contributed by atoms with E-state index in [0.717, 1.165) is 11.4 Å². The molecule has 3 aliphatic heterocycles. The van der Waals surface area contributed by atoms with Crippen LogP contribution in [0.4, 0.5) is 0 Å². The van der Waals surface area contributed by atoms with Crippen LogP contribution in [-0.4, -0.2) is 58.9 Å². The van der Waals surface area contributed by atoms with Crippen molar-refractivity contribution in [3.05, 3.63) is 34.5 Å². The van der Waals surface area contributed by atoms with Crippen LogP contribution in [0.2, 0.25) is 5.02 Å². The van der Waals surface area contributed by atoms with Gasteiger partial charge >= 0.3 is 0 Å². The molecular formula is C21H25ClN4O2. The van der Waals surface area contributed by atoms with Crippen molar-refractivity contribution in [2.45, 2.75) is 44.3 Å². The molecule has 2 amide bonds. The SMILES string of the molecule is CN1C2CCC1c1c(n(CCC(=O)N3CCNC(=O)C3)c3ccc(Cl)cc13)C2. The predicted octanol–water partition coefficient (Wildman–Crippen LogP) is 2.33. The van der Waals surface area contributed by atoms with Gasteiger partial charge in [0, 0.05) is 66.2 Å². The lowest BCUT2D eigenvalue weighted by molar-refractivity contribution is -0.138. The fraction of sp³-hybridized carbons (Fsp3) is 0.524. The first-order chi connectivity index (χ1) is 13.5. The minimum atomic E-state index is -0.0716. The largest absolute Gasteiger partial charge is 0.353 e. The number of piperazine rings is 1. The van der Waals surface area contributed by atoms with Gasteiger partial charge in [0.1, 0.15) is 0 Å². The summed E-state index contributed by atoms with van der Waals surface area (Å²) < 4.78 is 2.33. The van der Waals surface area contributed by atoms with Crippen LogP contribution in [0.5, 0.6) is 0 Å². The molecule has 28 heavy (non-hydrogen) atoms. The van der Waals surface area contributed by atoms with Crippen molar-refractivity contribution in [3.8, 4) is 0 Å². The van der Waals surface area contributed by atoms with Crippen LogP contribution in [-0.2, 0) is 22.6 Å². The number of amides is 2. The molecule has 1 N–H and O–H groups in total. The normalized spacial score (nSPS) is 24.5. The molecule has 7 heteroatoms. The number of aryl methyl sites for hydroxylation is 1. The summed E-state index contributed by atoms with van der Waals surface area (Å²) in [4.78, 5) is 28.5. The van der Waals surface area contributed by atoms with Crippen LogP contribution in [0.25, 0.3) is 10.9 Å². The highest BCUT2D eigenvalue weighted by atomic mass is 35.5. The molecule has 148 valence electrons. The first-order valence-corrected chi connectivity index (χ1v) is 10.5. The highest BCUT2D eigenvalue weighted by Crippen LogP contribution is 2.47. The zero-order valence-corrected chi connectivity index (χ0v) is 16.8. The second-order valence-electron chi connectivity index (χ2n) is 8.21. The second-order valence-corrected chi connectivity index (χ2v) is 8.64. The van der Waals surface area contributed by atoms with Gasteiger partial charge in [-0.2, -0.15) is 0 Å². The first-order valence-electron chi connectivity index (χ1n) is 10.1. The molecule has 0 radical (unpaired) electrons. The number of rotatable bonds is 3. The molecule has 3 aliphatic rings. The average Bonchev–Trinajstić information content (AvgIpc) is 3.09. The third kappa shape index (κ3) is 2.81. The van der Waals surface area contributed by atoms with Crippen LogP contribution >= 0.6 is 11.6 Å². The minimum absolute atomic E-state index is 0.0512. The predicted molar refractivity (Wildman–Crippen MR) is 108 cm³/mol. The molecule has 4 heterocycles. The number of nitrogens with zero attached hydrogens (tertiary/aromatic N) is 3. The molecule has 0 spiro atoms. The Bertz CT molecular complexity index is 969. The summed E-state index contributed by atoms with van der Waals surface area (Å²) in [5.41, 5.74) is 3.94. The molecule has 0 aliphatic carbocycles. The summed E-state index contributed by atoms with van der Waals surface area (Å²) in [6, 6.07) is 7.12. The van der Waals surface area contributed by atoms with Gasteiger partial charge < -0.3 is 14.8 Å². The summed E-state index contributed by atoms with van der Waals surface area (Å²) in [5, 5.41) is 4.75. The van der Waals surface area contributed by atoms with Crippen molar-refractivity contribution in [3.63, 3.8) is 0 Å². The van der Waals surface area contributed by atoms with E-state index in [-0.39, 0.29) is 18.4 Å². The number of halogens is 1. The van der Waals surface area contributed by atoms with Crippen LogP contribution in [0, 0.1) is 0 Å². The number of aromatic nitrogens is 1. The number of hydrogen-bond acceptors (Lipinski definition) is 3. The Hall–Kier alpha value is -2.05. The van der Waals surface area contributed by atoms with Gasteiger partial charge in [-0.1, -0.05) is 11.6 Å². The molecular weight excluding hydrogens is 376 g/mol. The molecule has 2 fully saturated rings. The van der Waals surface area contributed by atoms with E-state index in [1.807, 2.05) is 6.07 Å². The topological polar surface area (TPSA) is 57.6 Å². The fourth-order valence-corrected chi connectivity index (χ4v) is 5.47. The molecule has 2 bridgehead atoms. The average molecular weight is 401 g/mol. The third-order valence-electron chi connectivity index (χ3n) is 6.72. The van der Waals surface area contributed by atoms with Crippen molar-refractivity contribution in [2.75, 3.05) is 26.7 Å². The second kappa shape index (κ2) is 6.78. The van der Waals surface area contributed by atoms with Gasteiger partial charge in [0.2, 0.25) is 11.8 Å². The quantitative estimate of drug-likeness (QED) is 0.860. The highest BCUT2D eigenvalue weighted by Gasteiger charge is 2.40. The van der Waals surface area contributed by atoms with Gasteiger partial charge in [-0.25, -0.2) is 0 Å². The maximum absolute atomic E-state index is 12.7. The summed E-state index contributed by atoms with van der Waals surface area (Å²) in [5.74, 6) is -0.0204. The molecule has 6 nitrogen and oxygen atoms in total. The van der Waals surface area contributed by atoms with E-state index in [0.29, 0.717) is 38.1 Å². The van der Waals surface area contributed by atoms with E-state index in [1.165, 1.54) is 35.0 Å². The molecule has 2 atom stereocenters. The minimum Gasteiger partial charge on any atom is -0.353 e. The van der Waals surface area contributed by atoms with Crippen LogP contribution in [0.1, 0.15) is 36.6 Å². The van der Waals surface area contributed by atoms with E-state index >= 15 is 0 Å². The highest BCUT2D eigenvalue weighted by molar-refractivity contribution is 6.31. The number of hydrogen-bond donors (Lipinski definition) is 1. The van der Waals surface area contributed by atoms with E-state index < -0.39 is 0 Å². The number of carbonyl (C=O) groups excluding carboxylic acids is 2. The fourth-order valence-electron chi connectivity index (χ4n) is 5.30. The monoisotopic (exact) mass is 400 g/mol. The number of likely N-dealkylation sites (N-methyl/N-ethyl adjacent to an activating group) is 1. The number of benzene rings is 1. The van der Waals surface area contributed by atoms with Crippen LogP contribution < -0.4 is 5.32 Å². The van der Waals surface area contributed by atoms with Crippen molar-refractivity contribution in [1.29, 1.82) is 0 Å². The van der Waals surface area contributed by atoms with Gasteiger partial charge in [0.05, 0.1) is 6.54 Å².